The zero-order valence-electron chi connectivity index (χ0n) is 13.8. The molecule has 0 heterocycles. The predicted molar refractivity (Wildman–Crippen MR) is 84.6 cm³/mol. The lowest BCUT2D eigenvalue weighted by Gasteiger charge is -2.16. The Labute approximate surface area is 136 Å². The number of hydrogen-bond acceptors (Lipinski definition) is 5. The van der Waals surface area contributed by atoms with Crippen LogP contribution in [0.3, 0.4) is 0 Å². The predicted octanol–water partition coefficient (Wildman–Crippen LogP) is 1.04. The van der Waals surface area contributed by atoms with E-state index in [0.717, 1.165) is 0 Å². The molecule has 0 aliphatic carbocycles. The van der Waals surface area contributed by atoms with Crippen LogP contribution in [-0.2, 0) is 19.1 Å². The summed E-state index contributed by atoms with van der Waals surface area (Å²) in [5.41, 5.74) is 8.10. The molecule has 130 valence electrons. The van der Waals surface area contributed by atoms with E-state index in [1.54, 1.807) is 0 Å². The van der Waals surface area contributed by atoms with Crippen LogP contribution in [0.15, 0.2) is 5.11 Å². The molecule has 0 aromatic carbocycles. The largest absolute Gasteiger partial charge is 0.372 e. The van der Waals surface area contributed by atoms with Gasteiger partial charge in [0, 0.05) is 44.5 Å². The summed E-state index contributed by atoms with van der Waals surface area (Å²) in [6, 6.07) is 0. The molecule has 0 aliphatic heterocycles. The summed E-state index contributed by atoms with van der Waals surface area (Å²) in [6.45, 7) is 2.70. The van der Waals surface area contributed by atoms with Crippen molar-refractivity contribution < 1.29 is 19.1 Å². The van der Waals surface area contributed by atoms with Gasteiger partial charge in [0.1, 0.15) is 12.4 Å². The van der Waals surface area contributed by atoms with Crippen molar-refractivity contribution in [1.82, 2.24) is 10.2 Å². The van der Waals surface area contributed by atoms with Crippen molar-refractivity contribution in [2.45, 2.75) is 32.6 Å². The summed E-state index contributed by atoms with van der Waals surface area (Å²) >= 11 is 0. The third kappa shape index (κ3) is 12.1. The Hall–Kier alpha value is -2.12. The van der Waals surface area contributed by atoms with Crippen molar-refractivity contribution in [3.8, 4) is 0 Å². The molecule has 0 saturated carbocycles. The second-order valence-electron chi connectivity index (χ2n) is 4.96. The Morgan fingerprint density at radius 3 is 2.70 bits per heavy atom. The maximum Gasteiger partial charge on any atom is 0.248 e. The number of likely N-dealkylation sites (N-methyl/N-ethyl adjacent to an activating group) is 1. The molecule has 0 atom stereocenters. The minimum atomic E-state index is -0.295. The zero-order chi connectivity index (χ0) is 17.5. The highest BCUT2D eigenvalue weighted by atomic mass is 16.5. The van der Waals surface area contributed by atoms with Crippen LogP contribution in [0.1, 0.15) is 32.6 Å². The van der Waals surface area contributed by atoms with Crippen molar-refractivity contribution >= 4 is 17.6 Å². The Kier molecular flexibility index (Phi) is 12.3. The summed E-state index contributed by atoms with van der Waals surface area (Å²) in [5, 5.41) is 5.98. The molecular weight excluding hydrogens is 302 g/mol. The van der Waals surface area contributed by atoms with Crippen molar-refractivity contribution in [3.05, 3.63) is 10.4 Å². The quantitative estimate of drug-likeness (QED) is 0.235. The van der Waals surface area contributed by atoms with Gasteiger partial charge in [-0.25, -0.2) is 0 Å². The van der Waals surface area contributed by atoms with Gasteiger partial charge in [-0.15, -0.1) is 0 Å². The Morgan fingerprint density at radius 2 is 2.04 bits per heavy atom. The molecule has 0 rings (SSSR count). The molecule has 2 amide bonds. The van der Waals surface area contributed by atoms with Crippen LogP contribution in [0.4, 0.5) is 0 Å². The van der Waals surface area contributed by atoms with Gasteiger partial charge in [0.15, 0.2) is 0 Å². The smallest absolute Gasteiger partial charge is 0.248 e. The minimum Gasteiger partial charge on any atom is -0.372 e. The fourth-order valence-corrected chi connectivity index (χ4v) is 1.60. The third-order valence-electron chi connectivity index (χ3n) is 2.99. The van der Waals surface area contributed by atoms with Crippen LogP contribution in [0.5, 0.6) is 0 Å². The van der Waals surface area contributed by atoms with Crippen molar-refractivity contribution in [3.63, 3.8) is 0 Å². The molecule has 0 fully saturated rings. The van der Waals surface area contributed by atoms with Crippen LogP contribution in [0.25, 0.3) is 10.4 Å². The average Bonchev–Trinajstić information content (AvgIpc) is 2.53. The van der Waals surface area contributed by atoms with Crippen molar-refractivity contribution in [2.75, 3.05) is 39.9 Å². The van der Waals surface area contributed by atoms with Crippen LogP contribution in [0.2, 0.25) is 0 Å². The lowest BCUT2D eigenvalue weighted by atomic mass is 10.2. The molecule has 23 heavy (non-hydrogen) atoms. The first-order valence-corrected chi connectivity index (χ1v) is 7.62. The van der Waals surface area contributed by atoms with E-state index < -0.39 is 0 Å². The normalized spacial score (nSPS) is 9.83. The number of nitrogens with zero attached hydrogens (tertiary/aromatic N) is 4. The third-order valence-corrected chi connectivity index (χ3v) is 2.99. The van der Waals surface area contributed by atoms with E-state index >= 15 is 0 Å². The summed E-state index contributed by atoms with van der Waals surface area (Å²) in [6.07, 6.45) is 2.11. The number of ketones is 1. The second-order valence-corrected chi connectivity index (χ2v) is 4.96. The van der Waals surface area contributed by atoms with Gasteiger partial charge in [-0.1, -0.05) is 12.0 Å². The van der Waals surface area contributed by atoms with E-state index in [1.807, 2.05) is 6.92 Å². The number of nitrogens with one attached hydrogen (secondary N) is 1. The van der Waals surface area contributed by atoms with Gasteiger partial charge in [0.25, 0.3) is 0 Å². The van der Waals surface area contributed by atoms with Crippen molar-refractivity contribution in [2.24, 2.45) is 5.11 Å². The van der Waals surface area contributed by atoms with Gasteiger partial charge in [-0.3, -0.25) is 14.4 Å². The topological polar surface area (TPSA) is 124 Å². The minimum absolute atomic E-state index is 0.0575. The Morgan fingerprint density at radius 1 is 1.30 bits per heavy atom. The number of rotatable bonds is 13. The van der Waals surface area contributed by atoms with Gasteiger partial charge >= 0.3 is 0 Å². The molecule has 0 aliphatic rings. The Bertz CT molecular complexity index is 435. The van der Waals surface area contributed by atoms with E-state index in [-0.39, 0.29) is 30.7 Å². The molecule has 0 aromatic rings. The summed E-state index contributed by atoms with van der Waals surface area (Å²) in [7, 11) is 1.52. The fourth-order valence-electron chi connectivity index (χ4n) is 1.60. The number of azide groups is 1. The highest BCUT2D eigenvalue weighted by Gasteiger charge is 2.12. The maximum absolute atomic E-state index is 11.7. The fraction of sp³-hybridized carbons (Fsp3) is 0.786. The number of carbonyl (C=O) groups is 3. The van der Waals surface area contributed by atoms with E-state index in [9.17, 15) is 14.4 Å². The number of ether oxygens (including phenoxy) is 1. The van der Waals surface area contributed by atoms with Gasteiger partial charge in [-0.05, 0) is 18.4 Å². The SMILES string of the molecule is CCC(=O)CCCOCC(=O)N(C)CC(=O)NCCCN=[N+]=[N-]. The molecule has 9 nitrogen and oxygen atoms in total. The van der Waals surface area contributed by atoms with E-state index in [1.165, 1.54) is 11.9 Å². The summed E-state index contributed by atoms with van der Waals surface area (Å²) < 4.78 is 5.20. The number of amides is 2. The van der Waals surface area contributed by atoms with Gasteiger partial charge in [0.05, 0.1) is 6.54 Å². The molecule has 0 spiro atoms. The molecule has 1 N–H and O–H groups in total. The molecule has 0 radical (unpaired) electrons. The number of carbonyl (C=O) groups excluding carboxylic acids is 3. The van der Waals surface area contributed by atoms with E-state index in [0.29, 0.717) is 45.4 Å². The molecule has 9 heteroatoms. The number of hydrogen-bond donors (Lipinski definition) is 1. The highest BCUT2D eigenvalue weighted by Crippen LogP contribution is 1.96. The lowest BCUT2D eigenvalue weighted by molar-refractivity contribution is -0.138. The first kappa shape index (κ1) is 20.9. The Balaban J connectivity index is 3.73. The molecule has 0 unspecified atom stereocenters. The molecule has 0 bridgehead atoms. The highest BCUT2D eigenvalue weighted by molar-refractivity contribution is 5.85. The summed E-state index contributed by atoms with van der Waals surface area (Å²) in [4.78, 5) is 38.3. The van der Waals surface area contributed by atoms with Crippen LogP contribution < -0.4 is 5.32 Å². The summed E-state index contributed by atoms with van der Waals surface area (Å²) in [5.74, 6) is -0.402. The monoisotopic (exact) mass is 327 g/mol. The van der Waals surface area contributed by atoms with Gasteiger partial charge < -0.3 is 15.0 Å². The first-order valence-electron chi connectivity index (χ1n) is 7.62. The van der Waals surface area contributed by atoms with E-state index in [4.69, 9.17) is 10.3 Å². The van der Waals surface area contributed by atoms with Gasteiger partial charge in [0.2, 0.25) is 11.8 Å². The standard InChI is InChI=1S/C14H25N5O4/c1-3-12(20)6-4-9-23-11-14(22)19(2)10-13(21)16-7-5-8-17-18-15/h3-11H2,1-2H3,(H,16,21). The average molecular weight is 327 g/mol. The first-order chi connectivity index (χ1) is 11.0. The van der Waals surface area contributed by atoms with Crippen LogP contribution in [-0.4, -0.2) is 62.4 Å². The van der Waals surface area contributed by atoms with Crippen molar-refractivity contribution in [1.29, 1.82) is 0 Å². The molecule has 0 saturated heterocycles. The lowest BCUT2D eigenvalue weighted by Crippen LogP contribution is -2.40. The second kappa shape index (κ2) is 13.5. The molecular formula is C14H25N5O4. The molecule has 0 aromatic heterocycles. The number of Topliss-reactive ketones (excluding diaryl/α,β-unsaturated/α-hetero) is 1. The van der Waals surface area contributed by atoms with Crippen LogP contribution >= 0.6 is 0 Å². The zero-order valence-corrected chi connectivity index (χ0v) is 13.8. The maximum atomic E-state index is 11.7. The van der Waals surface area contributed by atoms with E-state index in [2.05, 4.69) is 15.3 Å². The van der Waals surface area contributed by atoms with Gasteiger partial charge in [-0.2, -0.15) is 0 Å². The van der Waals surface area contributed by atoms with Crippen LogP contribution in [0, 0.1) is 0 Å².